The maximum absolute atomic E-state index is 12.1. The molecule has 0 saturated heterocycles. The van der Waals surface area contributed by atoms with E-state index in [1.165, 1.54) is 12.7 Å². The van der Waals surface area contributed by atoms with Gasteiger partial charge in [0.05, 0.1) is 29.3 Å². The molecule has 0 saturated carbocycles. The fourth-order valence-corrected chi connectivity index (χ4v) is 3.80. The Balaban J connectivity index is 2.04. The van der Waals surface area contributed by atoms with Crippen molar-refractivity contribution in [2.24, 2.45) is 0 Å². The van der Waals surface area contributed by atoms with Crippen LogP contribution in [0.3, 0.4) is 0 Å². The van der Waals surface area contributed by atoms with E-state index in [2.05, 4.69) is 11.1 Å². The summed E-state index contributed by atoms with van der Waals surface area (Å²) in [4.78, 5) is 17.6. The average Bonchev–Trinajstić information content (AvgIpc) is 3.00. The van der Waals surface area contributed by atoms with E-state index in [-0.39, 0.29) is 0 Å². The Hall–Kier alpha value is -1.92. The van der Waals surface area contributed by atoms with Crippen LogP contribution in [0.25, 0.3) is 10.4 Å². The van der Waals surface area contributed by atoms with Crippen LogP contribution in [0.5, 0.6) is 5.75 Å². The molecule has 1 aromatic heterocycles. The topological polar surface area (TPSA) is 57.7 Å². The van der Waals surface area contributed by atoms with Crippen molar-refractivity contribution < 1.29 is 19.0 Å². The molecule has 2 heterocycles. The van der Waals surface area contributed by atoms with E-state index in [0.717, 1.165) is 40.6 Å². The zero-order valence-electron chi connectivity index (χ0n) is 14.1. The first-order chi connectivity index (χ1) is 11.6. The van der Waals surface area contributed by atoms with E-state index in [4.69, 9.17) is 14.2 Å². The summed E-state index contributed by atoms with van der Waals surface area (Å²) in [5, 5.41) is 0.891. The number of carbonyl (C=O) groups excluding carboxylic acids is 1. The van der Waals surface area contributed by atoms with E-state index >= 15 is 0 Å². The van der Waals surface area contributed by atoms with Crippen molar-refractivity contribution in [3.8, 4) is 16.2 Å². The first kappa shape index (κ1) is 16.9. The normalized spacial score (nSPS) is 14.6. The summed E-state index contributed by atoms with van der Waals surface area (Å²) in [7, 11) is 1.36. The third-order valence-electron chi connectivity index (χ3n) is 3.93. The number of nitrogens with zero attached hydrogens (tertiary/aromatic N) is 1. The van der Waals surface area contributed by atoms with E-state index in [9.17, 15) is 4.79 Å². The molecule has 1 aliphatic heterocycles. The third kappa shape index (κ3) is 3.30. The van der Waals surface area contributed by atoms with Gasteiger partial charge in [0.1, 0.15) is 5.75 Å². The van der Waals surface area contributed by atoms with Gasteiger partial charge in [-0.25, -0.2) is 9.78 Å². The standard InChI is InChI=1S/C18H21NO4S/c1-4-22-16(18(20)21-3)15-17(24-11(2)19-15)13-7-8-14-12(10-13)6-5-9-23-14/h7-8,10,16H,4-6,9H2,1-3H3. The zero-order chi connectivity index (χ0) is 17.1. The largest absolute Gasteiger partial charge is 0.493 e. The first-order valence-corrected chi connectivity index (χ1v) is 8.88. The summed E-state index contributed by atoms with van der Waals surface area (Å²) in [6.45, 7) is 4.96. The molecule has 6 heteroatoms. The van der Waals surface area contributed by atoms with Gasteiger partial charge in [-0.15, -0.1) is 11.3 Å². The summed E-state index contributed by atoms with van der Waals surface area (Å²) in [6.07, 6.45) is 1.23. The lowest BCUT2D eigenvalue weighted by atomic mass is 10.0. The zero-order valence-corrected chi connectivity index (χ0v) is 14.9. The van der Waals surface area contributed by atoms with Gasteiger partial charge in [-0.1, -0.05) is 0 Å². The molecule has 24 heavy (non-hydrogen) atoms. The highest BCUT2D eigenvalue weighted by Crippen LogP contribution is 2.38. The van der Waals surface area contributed by atoms with Crippen molar-refractivity contribution in [3.05, 3.63) is 34.5 Å². The predicted octanol–water partition coefficient (Wildman–Crippen LogP) is 3.69. The van der Waals surface area contributed by atoms with Crippen LogP contribution in [-0.4, -0.2) is 31.3 Å². The molecule has 3 rings (SSSR count). The number of thiazole rings is 1. The quantitative estimate of drug-likeness (QED) is 0.772. The minimum atomic E-state index is -0.799. The summed E-state index contributed by atoms with van der Waals surface area (Å²) in [5.41, 5.74) is 2.86. The van der Waals surface area contributed by atoms with Crippen LogP contribution >= 0.6 is 11.3 Å². The van der Waals surface area contributed by atoms with Crippen molar-refractivity contribution in [2.45, 2.75) is 32.8 Å². The van der Waals surface area contributed by atoms with Gasteiger partial charge >= 0.3 is 5.97 Å². The minimum Gasteiger partial charge on any atom is -0.493 e. The monoisotopic (exact) mass is 347 g/mol. The van der Waals surface area contributed by atoms with Gasteiger partial charge in [0.25, 0.3) is 0 Å². The van der Waals surface area contributed by atoms with Crippen molar-refractivity contribution in [1.82, 2.24) is 4.98 Å². The smallest absolute Gasteiger partial charge is 0.341 e. The van der Waals surface area contributed by atoms with Crippen LogP contribution in [-0.2, 0) is 20.7 Å². The number of aryl methyl sites for hydroxylation is 2. The lowest BCUT2D eigenvalue weighted by Crippen LogP contribution is -2.18. The highest BCUT2D eigenvalue weighted by atomic mass is 32.1. The fourth-order valence-electron chi connectivity index (χ4n) is 2.86. The van der Waals surface area contributed by atoms with E-state index < -0.39 is 12.1 Å². The Morgan fingerprint density at radius 2 is 2.29 bits per heavy atom. The maximum atomic E-state index is 12.1. The van der Waals surface area contributed by atoms with Gasteiger partial charge in [-0.3, -0.25) is 0 Å². The Morgan fingerprint density at radius 3 is 3.04 bits per heavy atom. The van der Waals surface area contributed by atoms with E-state index in [1.54, 1.807) is 11.3 Å². The molecule has 1 unspecified atom stereocenters. The summed E-state index contributed by atoms with van der Waals surface area (Å²) in [5.74, 6) is 0.520. The van der Waals surface area contributed by atoms with Crippen molar-refractivity contribution in [3.63, 3.8) is 0 Å². The molecule has 0 fully saturated rings. The van der Waals surface area contributed by atoms with Crippen LogP contribution in [0.4, 0.5) is 0 Å². The highest BCUT2D eigenvalue weighted by molar-refractivity contribution is 7.15. The predicted molar refractivity (Wildman–Crippen MR) is 92.5 cm³/mol. The molecule has 0 bridgehead atoms. The first-order valence-electron chi connectivity index (χ1n) is 8.07. The Morgan fingerprint density at radius 1 is 1.46 bits per heavy atom. The van der Waals surface area contributed by atoms with Gasteiger partial charge < -0.3 is 14.2 Å². The number of carbonyl (C=O) groups is 1. The number of hydrogen-bond acceptors (Lipinski definition) is 6. The second-order valence-electron chi connectivity index (χ2n) is 5.58. The van der Waals surface area contributed by atoms with Gasteiger partial charge in [-0.05, 0) is 56.0 Å². The summed E-state index contributed by atoms with van der Waals surface area (Å²) >= 11 is 1.56. The molecule has 128 valence electrons. The van der Waals surface area contributed by atoms with Crippen LogP contribution in [0.1, 0.15) is 35.7 Å². The molecule has 5 nitrogen and oxygen atoms in total. The lowest BCUT2D eigenvalue weighted by Gasteiger charge is -2.18. The second-order valence-corrected chi connectivity index (χ2v) is 6.78. The molecule has 1 aromatic carbocycles. The van der Waals surface area contributed by atoms with Crippen molar-refractivity contribution in [1.29, 1.82) is 0 Å². The van der Waals surface area contributed by atoms with Crippen LogP contribution in [0.2, 0.25) is 0 Å². The van der Waals surface area contributed by atoms with Crippen LogP contribution in [0.15, 0.2) is 18.2 Å². The Bertz CT molecular complexity index is 741. The molecular weight excluding hydrogens is 326 g/mol. The van der Waals surface area contributed by atoms with E-state index in [1.807, 2.05) is 26.0 Å². The SMILES string of the molecule is CCOC(C(=O)OC)c1nc(C)sc1-c1ccc2c(c1)CCCO2. The number of methoxy groups -OCH3 is 1. The molecule has 0 radical (unpaired) electrons. The Labute approximate surface area is 145 Å². The summed E-state index contributed by atoms with van der Waals surface area (Å²) in [6, 6.07) is 6.14. The van der Waals surface area contributed by atoms with E-state index in [0.29, 0.717) is 12.3 Å². The number of esters is 1. The molecule has 0 amide bonds. The molecule has 0 spiro atoms. The minimum absolute atomic E-state index is 0.411. The lowest BCUT2D eigenvalue weighted by molar-refractivity contribution is -0.154. The second kappa shape index (κ2) is 7.32. The van der Waals surface area contributed by atoms with Gasteiger partial charge in [0.15, 0.2) is 6.10 Å². The number of ether oxygens (including phenoxy) is 3. The van der Waals surface area contributed by atoms with Crippen LogP contribution in [0, 0.1) is 6.92 Å². The molecule has 0 aliphatic carbocycles. The van der Waals surface area contributed by atoms with Crippen molar-refractivity contribution >= 4 is 17.3 Å². The number of rotatable bonds is 5. The number of hydrogen-bond donors (Lipinski definition) is 0. The molecular formula is C18H21NO4S. The average molecular weight is 347 g/mol. The number of benzene rings is 1. The van der Waals surface area contributed by atoms with Crippen molar-refractivity contribution in [2.75, 3.05) is 20.3 Å². The highest BCUT2D eigenvalue weighted by Gasteiger charge is 2.29. The molecule has 1 aliphatic rings. The summed E-state index contributed by atoms with van der Waals surface area (Å²) < 4.78 is 16.2. The van der Waals surface area contributed by atoms with Gasteiger partial charge in [-0.2, -0.15) is 0 Å². The molecule has 2 aromatic rings. The maximum Gasteiger partial charge on any atom is 0.341 e. The van der Waals surface area contributed by atoms with Gasteiger partial charge in [0, 0.05) is 6.61 Å². The number of aromatic nitrogens is 1. The van der Waals surface area contributed by atoms with Crippen LogP contribution < -0.4 is 4.74 Å². The molecule has 0 N–H and O–H groups in total. The van der Waals surface area contributed by atoms with Gasteiger partial charge in [0.2, 0.25) is 0 Å². The Kier molecular flexibility index (Phi) is 5.16. The molecule has 1 atom stereocenters. The third-order valence-corrected chi connectivity index (χ3v) is 4.96. The number of fused-ring (bicyclic) bond motifs is 1. The fraction of sp³-hybridized carbons (Fsp3) is 0.444.